The lowest BCUT2D eigenvalue weighted by Gasteiger charge is -2.34. The fraction of sp³-hybridized carbons (Fsp3) is 0.727. The van der Waals surface area contributed by atoms with Crippen molar-refractivity contribution >= 4 is 18.1 Å². The Hall–Kier alpha value is -2.03. The van der Waals surface area contributed by atoms with Gasteiger partial charge in [-0.2, -0.15) is 0 Å². The number of rotatable bonds is 4. The maximum Gasteiger partial charge on any atom is 0.409 e. The summed E-state index contributed by atoms with van der Waals surface area (Å²) in [7, 11) is 0. The lowest BCUT2D eigenvalue weighted by atomic mass is 10.3. The Morgan fingerprint density at radius 2 is 1.75 bits per heavy atom. The molecule has 0 radical (unpaired) electrons. The van der Waals surface area contributed by atoms with E-state index in [1.165, 1.54) is 9.80 Å². The van der Waals surface area contributed by atoms with E-state index < -0.39 is 24.2 Å². The van der Waals surface area contributed by atoms with Gasteiger partial charge in [-0.1, -0.05) is 0 Å². The number of carboxylic acids is 1. The number of piperazine rings is 1. The number of hydrogen-bond donors (Lipinski definition) is 3. The molecule has 1 aliphatic heterocycles. The first kappa shape index (κ1) is 16.0. The summed E-state index contributed by atoms with van der Waals surface area (Å²) in [6.45, 7) is 3.03. The average Bonchev–Trinajstić information content (AvgIpc) is 2.44. The number of urea groups is 1. The van der Waals surface area contributed by atoms with Crippen molar-refractivity contribution in [3.63, 3.8) is 0 Å². The van der Waals surface area contributed by atoms with Crippen LogP contribution in [0.3, 0.4) is 0 Å². The van der Waals surface area contributed by atoms with Gasteiger partial charge in [-0.05, 0) is 6.92 Å². The molecule has 114 valence electrons. The van der Waals surface area contributed by atoms with Crippen molar-refractivity contribution in [1.82, 2.24) is 15.1 Å². The number of aliphatic carboxylic acids is 1. The summed E-state index contributed by atoms with van der Waals surface area (Å²) in [6.07, 6.45) is -2.03. The second-order valence-corrected chi connectivity index (χ2v) is 4.21. The Labute approximate surface area is 116 Å². The Morgan fingerprint density at radius 1 is 1.20 bits per heavy atom. The Balaban J connectivity index is 2.32. The maximum absolute atomic E-state index is 11.7. The molecule has 0 aliphatic carbocycles. The van der Waals surface area contributed by atoms with Crippen molar-refractivity contribution in [3.8, 4) is 0 Å². The Bertz CT molecular complexity index is 367. The maximum atomic E-state index is 11.7. The molecule has 1 aliphatic rings. The third-order valence-electron chi connectivity index (χ3n) is 2.82. The molecular formula is C11H19N3O6. The van der Waals surface area contributed by atoms with E-state index in [9.17, 15) is 14.4 Å². The van der Waals surface area contributed by atoms with Crippen molar-refractivity contribution < 1.29 is 29.3 Å². The summed E-state index contributed by atoms with van der Waals surface area (Å²) in [6, 6.07) is -0.464. The molecule has 0 saturated carbocycles. The monoisotopic (exact) mass is 289 g/mol. The SMILES string of the molecule is CCOC(=O)N1CCN(C(=O)NC[C@H](O)C(=O)O)CC1. The van der Waals surface area contributed by atoms with E-state index in [2.05, 4.69) is 5.32 Å². The molecule has 1 fully saturated rings. The van der Waals surface area contributed by atoms with Gasteiger partial charge in [-0.15, -0.1) is 0 Å². The molecule has 9 nitrogen and oxygen atoms in total. The van der Waals surface area contributed by atoms with Crippen molar-refractivity contribution in [2.75, 3.05) is 39.3 Å². The smallest absolute Gasteiger partial charge is 0.409 e. The van der Waals surface area contributed by atoms with Crippen LogP contribution in [0.25, 0.3) is 0 Å². The fourth-order valence-corrected chi connectivity index (χ4v) is 1.69. The molecule has 0 spiro atoms. The Kier molecular flexibility index (Phi) is 6.04. The summed E-state index contributed by atoms with van der Waals surface area (Å²) in [5, 5.41) is 19.8. The van der Waals surface area contributed by atoms with Gasteiger partial charge in [0.25, 0.3) is 0 Å². The van der Waals surface area contributed by atoms with Gasteiger partial charge in [0, 0.05) is 26.2 Å². The number of aliphatic hydroxyl groups excluding tert-OH is 1. The van der Waals surface area contributed by atoms with Crippen LogP contribution < -0.4 is 5.32 Å². The van der Waals surface area contributed by atoms with E-state index in [-0.39, 0.29) is 6.54 Å². The summed E-state index contributed by atoms with van der Waals surface area (Å²) >= 11 is 0. The van der Waals surface area contributed by atoms with E-state index in [0.717, 1.165) is 0 Å². The van der Waals surface area contributed by atoms with E-state index in [1.54, 1.807) is 6.92 Å². The van der Waals surface area contributed by atoms with Crippen LogP contribution in [0.15, 0.2) is 0 Å². The highest BCUT2D eigenvalue weighted by atomic mass is 16.6. The van der Waals surface area contributed by atoms with Gasteiger partial charge in [0.15, 0.2) is 6.10 Å². The second-order valence-electron chi connectivity index (χ2n) is 4.21. The second kappa shape index (κ2) is 7.53. The molecule has 1 saturated heterocycles. The molecule has 1 heterocycles. The van der Waals surface area contributed by atoms with E-state index in [4.69, 9.17) is 14.9 Å². The minimum absolute atomic E-state index is 0.298. The van der Waals surface area contributed by atoms with Crippen molar-refractivity contribution in [1.29, 1.82) is 0 Å². The zero-order valence-corrected chi connectivity index (χ0v) is 11.2. The number of carbonyl (C=O) groups excluding carboxylic acids is 2. The van der Waals surface area contributed by atoms with Crippen LogP contribution >= 0.6 is 0 Å². The summed E-state index contributed by atoms with van der Waals surface area (Å²) in [4.78, 5) is 36.5. The molecule has 0 aromatic rings. The topological polar surface area (TPSA) is 119 Å². The lowest BCUT2D eigenvalue weighted by molar-refractivity contribution is -0.146. The summed E-state index contributed by atoms with van der Waals surface area (Å²) in [5.41, 5.74) is 0. The van der Waals surface area contributed by atoms with Gasteiger partial charge in [0.2, 0.25) is 0 Å². The molecule has 3 amide bonds. The third kappa shape index (κ3) is 4.57. The standard InChI is InChI=1S/C11H19N3O6/c1-2-20-11(19)14-5-3-13(4-6-14)10(18)12-7-8(15)9(16)17/h8,15H,2-7H2,1H3,(H,12,18)(H,16,17)/t8-/m0/s1. The van der Waals surface area contributed by atoms with Crippen LogP contribution in [0.4, 0.5) is 9.59 Å². The number of hydrogen-bond acceptors (Lipinski definition) is 5. The highest BCUT2D eigenvalue weighted by Gasteiger charge is 2.25. The zero-order valence-electron chi connectivity index (χ0n) is 11.2. The fourth-order valence-electron chi connectivity index (χ4n) is 1.69. The average molecular weight is 289 g/mol. The first-order chi connectivity index (χ1) is 9.45. The highest BCUT2D eigenvalue weighted by Crippen LogP contribution is 2.04. The quantitative estimate of drug-likeness (QED) is 0.605. The van der Waals surface area contributed by atoms with Gasteiger partial charge >= 0.3 is 18.1 Å². The zero-order chi connectivity index (χ0) is 15.1. The van der Waals surface area contributed by atoms with Crippen LogP contribution in [0.2, 0.25) is 0 Å². The molecule has 0 aromatic heterocycles. The van der Waals surface area contributed by atoms with Gasteiger partial charge in [-0.3, -0.25) is 0 Å². The van der Waals surface area contributed by atoms with Crippen molar-refractivity contribution in [2.45, 2.75) is 13.0 Å². The molecule has 20 heavy (non-hydrogen) atoms. The molecule has 9 heteroatoms. The van der Waals surface area contributed by atoms with Gasteiger partial charge < -0.3 is 30.1 Å². The molecule has 0 bridgehead atoms. The predicted octanol–water partition coefficient (Wildman–Crippen LogP) is -1.08. The predicted molar refractivity (Wildman–Crippen MR) is 67.2 cm³/mol. The Morgan fingerprint density at radius 3 is 2.25 bits per heavy atom. The number of nitrogens with zero attached hydrogens (tertiary/aromatic N) is 2. The number of ether oxygens (including phenoxy) is 1. The number of nitrogens with one attached hydrogen (secondary N) is 1. The molecule has 0 unspecified atom stereocenters. The van der Waals surface area contributed by atoms with Crippen LogP contribution in [-0.4, -0.2) is 83.5 Å². The van der Waals surface area contributed by atoms with Crippen molar-refractivity contribution in [2.24, 2.45) is 0 Å². The normalized spacial score (nSPS) is 16.5. The lowest BCUT2D eigenvalue weighted by Crippen LogP contribution is -2.54. The number of carboxylic acid groups (broad SMARTS) is 1. The van der Waals surface area contributed by atoms with E-state index >= 15 is 0 Å². The third-order valence-corrected chi connectivity index (χ3v) is 2.82. The molecule has 3 N–H and O–H groups in total. The van der Waals surface area contributed by atoms with Crippen LogP contribution in [0.5, 0.6) is 0 Å². The molecule has 1 atom stereocenters. The van der Waals surface area contributed by atoms with Crippen LogP contribution in [-0.2, 0) is 9.53 Å². The number of aliphatic hydroxyl groups is 1. The molecule has 1 rings (SSSR count). The minimum atomic E-state index is -1.63. The van der Waals surface area contributed by atoms with Crippen molar-refractivity contribution in [3.05, 3.63) is 0 Å². The van der Waals surface area contributed by atoms with Gasteiger partial charge in [-0.25, -0.2) is 14.4 Å². The number of carbonyl (C=O) groups is 3. The minimum Gasteiger partial charge on any atom is -0.479 e. The highest BCUT2D eigenvalue weighted by molar-refractivity contribution is 5.77. The van der Waals surface area contributed by atoms with Crippen LogP contribution in [0.1, 0.15) is 6.92 Å². The summed E-state index contributed by atoms with van der Waals surface area (Å²) < 4.78 is 4.85. The largest absolute Gasteiger partial charge is 0.479 e. The summed E-state index contributed by atoms with van der Waals surface area (Å²) in [5.74, 6) is -1.39. The van der Waals surface area contributed by atoms with E-state index in [1.807, 2.05) is 0 Å². The van der Waals surface area contributed by atoms with Gasteiger partial charge in [0.1, 0.15) is 0 Å². The van der Waals surface area contributed by atoms with E-state index in [0.29, 0.717) is 32.8 Å². The molecular weight excluding hydrogens is 270 g/mol. The van der Waals surface area contributed by atoms with Crippen LogP contribution in [0, 0.1) is 0 Å². The first-order valence-electron chi connectivity index (χ1n) is 6.31. The molecule has 0 aromatic carbocycles. The number of amides is 3. The van der Waals surface area contributed by atoms with Gasteiger partial charge in [0.05, 0.1) is 13.2 Å². The first-order valence-corrected chi connectivity index (χ1v) is 6.31.